The number of hydrogen-bond acceptors (Lipinski definition) is 2. The molecule has 0 rings (SSSR count). The molecule has 0 amide bonds. The summed E-state index contributed by atoms with van der Waals surface area (Å²) < 4.78 is 0. The minimum atomic E-state index is -0.833. The van der Waals surface area contributed by atoms with Crippen LogP contribution in [0.3, 0.4) is 0 Å². The summed E-state index contributed by atoms with van der Waals surface area (Å²) in [5, 5.41) is 15.9. The number of rotatable bonds is 5. The fourth-order valence-electron chi connectivity index (χ4n) is 0.824. The zero-order valence-electron chi connectivity index (χ0n) is 9.12. The second kappa shape index (κ2) is 10.0. The topological polar surface area (TPSA) is 74.6 Å². The van der Waals surface area contributed by atoms with Gasteiger partial charge in [-0.1, -0.05) is 33.1 Å². The van der Waals surface area contributed by atoms with Crippen molar-refractivity contribution in [3.8, 4) is 0 Å². The molecule has 0 bridgehead atoms. The van der Waals surface area contributed by atoms with E-state index in [1.807, 2.05) is 0 Å². The van der Waals surface area contributed by atoms with Crippen molar-refractivity contribution in [1.82, 2.24) is 0 Å². The van der Waals surface area contributed by atoms with E-state index in [2.05, 4.69) is 6.92 Å². The number of hydrogen-bond donors (Lipinski definition) is 2. The van der Waals surface area contributed by atoms with Crippen molar-refractivity contribution in [1.29, 1.82) is 0 Å². The fourth-order valence-corrected chi connectivity index (χ4v) is 0.824. The molecular weight excluding hydrogens is 184 g/mol. The van der Waals surface area contributed by atoms with Gasteiger partial charge in [0, 0.05) is 6.92 Å². The van der Waals surface area contributed by atoms with Gasteiger partial charge in [0.2, 0.25) is 0 Å². The van der Waals surface area contributed by atoms with E-state index in [1.54, 1.807) is 6.92 Å². The molecule has 0 saturated heterocycles. The lowest BCUT2D eigenvalue weighted by Crippen LogP contribution is -2.08. The molecule has 0 aromatic carbocycles. The monoisotopic (exact) mass is 204 g/mol. The number of aliphatic carboxylic acids is 2. The smallest absolute Gasteiger partial charge is 0.306 e. The second-order valence-electron chi connectivity index (χ2n) is 3.25. The van der Waals surface area contributed by atoms with Crippen molar-refractivity contribution in [3.05, 3.63) is 0 Å². The van der Waals surface area contributed by atoms with Gasteiger partial charge in [0.1, 0.15) is 0 Å². The van der Waals surface area contributed by atoms with E-state index in [9.17, 15) is 4.79 Å². The van der Waals surface area contributed by atoms with Crippen molar-refractivity contribution >= 4 is 11.9 Å². The Morgan fingerprint density at radius 3 is 1.93 bits per heavy atom. The summed E-state index contributed by atoms with van der Waals surface area (Å²) in [7, 11) is 0. The summed E-state index contributed by atoms with van der Waals surface area (Å²) >= 11 is 0. The van der Waals surface area contributed by atoms with Crippen molar-refractivity contribution in [2.45, 2.75) is 46.5 Å². The van der Waals surface area contributed by atoms with Crippen LogP contribution in [-0.4, -0.2) is 22.2 Å². The molecule has 2 N–H and O–H groups in total. The quantitative estimate of drug-likeness (QED) is 0.674. The van der Waals surface area contributed by atoms with Gasteiger partial charge in [-0.3, -0.25) is 9.59 Å². The molecule has 4 nitrogen and oxygen atoms in total. The van der Waals surface area contributed by atoms with Crippen LogP contribution in [0.15, 0.2) is 0 Å². The third-order valence-electron chi connectivity index (χ3n) is 1.66. The summed E-state index contributed by atoms with van der Waals surface area (Å²) in [4.78, 5) is 19.3. The Hall–Kier alpha value is -1.06. The van der Waals surface area contributed by atoms with Gasteiger partial charge in [0.05, 0.1) is 5.92 Å². The van der Waals surface area contributed by atoms with Gasteiger partial charge >= 0.3 is 5.97 Å². The SMILES string of the molecule is CC(=O)O.CCCCCC(C)C(=O)O. The lowest BCUT2D eigenvalue weighted by molar-refractivity contribution is -0.141. The molecule has 0 aliphatic rings. The number of carboxylic acid groups (broad SMARTS) is 2. The third kappa shape index (κ3) is 17.1. The molecule has 0 fully saturated rings. The normalized spacial score (nSPS) is 11.1. The molecule has 4 heteroatoms. The summed E-state index contributed by atoms with van der Waals surface area (Å²) in [5.74, 6) is -1.66. The highest BCUT2D eigenvalue weighted by Crippen LogP contribution is 2.08. The first kappa shape index (κ1) is 15.4. The third-order valence-corrected chi connectivity index (χ3v) is 1.66. The van der Waals surface area contributed by atoms with Crippen LogP contribution in [0, 0.1) is 5.92 Å². The molecule has 1 atom stereocenters. The number of unbranched alkanes of at least 4 members (excludes halogenated alkanes) is 2. The lowest BCUT2D eigenvalue weighted by Gasteiger charge is -2.03. The molecule has 0 spiro atoms. The molecule has 0 aliphatic carbocycles. The molecule has 0 aliphatic heterocycles. The minimum Gasteiger partial charge on any atom is -0.481 e. The van der Waals surface area contributed by atoms with Gasteiger partial charge in [-0.05, 0) is 6.42 Å². The van der Waals surface area contributed by atoms with E-state index in [0.717, 1.165) is 32.6 Å². The van der Waals surface area contributed by atoms with Crippen LogP contribution in [0.1, 0.15) is 46.5 Å². The van der Waals surface area contributed by atoms with Gasteiger partial charge in [-0.2, -0.15) is 0 Å². The van der Waals surface area contributed by atoms with Crippen LogP contribution in [-0.2, 0) is 9.59 Å². The van der Waals surface area contributed by atoms with Gasteiger partial charge in [-0.15, -0.1) is 0 Å². The van der Waals surface area contributed by atoms with Gasteiger partial charge in [0.15, 0.2) is 0 Å². The van der Waals surface area contributed by atoms with Crippen LogP contribution < -0.4 is 0 Å². The maximum Gasteiger partial charge on any atom is 0.306 e. The highest BCUT2D eigenvalue weighted by atomic mass is 16.4. The molecule has 0 aromatic rings. The Labute approximate surface area is 84.9 Å². The Morgan fingerprint density at radius 1 is 1.21 bits per heavy atom. The first-order valence-corrected chi connectivity index (χ1v) is 4.84. The van der Waals surface area contributed by atoms with Crippen molar-refractivity contribution in [3.63, 3.8) is 0 Å². The predicted molar refractivity (Wildman–Crippen MR) is 54.3 cm³/mol. The van der Waals surface area contributed by atoms with Crippen LogP contribution >= 0.6 is 0 Å². The molecule has 0 saturated carbocycles. The van der Waals surface area contributed by atoms with E-state index in [0.29, 0.717) is 0 Å². The van der Waals surface area contributed by atoms with E-state index >= 15 is 0 Å². The predicted octanol–water partition coefficient (Wildman–Crippen LogP) is 2.38. The van der Waals surface area contributed by atoms with E-state index in [4.69, 9.17) is 15.0 Å². The second-order valence-corrected chi connectivity index (χ2v) is 3.25. The summed E-state index contributed by atoms with van der Waals surface area (Å²) in [6.07, 6.45) is 4.18. The molecular formula is C10H20O4. The molecule has 14 heavy (non-hydrogen) atoms. The van der Waals surface area contributed by atoms with Crippen molar-refractivity contribution < 1.29 is 19.8 Å². The molecule has 84 valence electrons. The Kier molecular flexibility index (Phi) is 11.0. The van der Waals surface area contributed by atoms with Crippen LogP contribution in [0.2, 0.25) is 0 Å². The average molecular weight is 204 g/mol. The standard InChI is InChI=1S/C8H16O2.C2H4O2/c1-3-4-5-6-7(2)8(9)10;1-2(3)4/h7H,3-6H2,1-2H3,(H,9,10);1H3,(H,3,4). The fraction of sp³-hybridized carbons (Fsp3) is 0.800. The molecule has 0 aromatic heterocycles. The summed E-state index contributed by atoms with van der Waals surface area (Å²) in [6.45, 7) is 4.96. The largest absolute Gasteiger partial charge is 0.481 e. The van der Waals surface area contributed by atoms with Crippen LogP contribution in [0.25, 0.3) is 0 Å². The minimum absolute atomic E-state index is 0.161. The van der Waals surface area contributed by atoms with E-state index < -0.39 is 11.9 Å². The average Bonchev–Trinajstić information content (AvgIpc) is 2.03. The first-order chi connectivity index (χ1) is 6.41. The molecule has 0 radical (unpaired) electrons. The van der Waals surface area contributed by atoms with Crippen molar-refractivity contribution in [2.75, 3.05) is 0 Å². The molecule has 1 unspecified atom stereocenters. The Bertz CT molecular complexity index is 162. The van der Waals surface area contributed by atoms with Crippen molar-refractivity contribution in [2.24, 2.45) is 5.92 Å². The Balaban J connectivity index is 0. The number of carboxylic acids is 2. The van der Waals surface area contributed by atoms with E-state index in [1.165, 1.54) is 0 Å². The highest BCUT2D eigenvalue weighted by Gasteiger charge is 2.08. The summed E-state index contributed by atoms with van der Waals surface area (Å²) in [6, 6.07) is 0. The van der Waals surface area contributed by atoms with E-state index in [-0.39, 0.29) is 5.92 Å². The van der Waals surface area contributed by atoms with Gasteiger partial charge in [-0.25, -0.2) is 0 Å². The molecule has 0 heterocycles. The maximum atomic E-state index is 10.3. The highest BCUT2D eigenvalue weighted by molar-refractivity contribution is 5.69. The maximum absolute atomic E-state index is 10.3. The van der Waals surface area contributed by atoms with Crippen LogP contribution in [0.4, 0.5) is 0 Å². The van der Waals surface area contributed by atoms with Gasteiger partial charge < -0.3 is 10.2 Å². The zero-order chi connectivity index (χ0) is 11.6. The first-order valence-electron chi connectivity index (χ1n) is 4.84. The van der Waals surface area contributed by atoms with Crippen LogP contribution in [0.5, 0.6) is 0 Å². The Morgan fingerprint density at radius 2 is 1.64 bits per heavy atom. The number of carbonyl (C=O) groups is 2. The lowest BCUT2D eigenvalue weighted by atomic mass is 10.0. The van der Waals surface area contributed by atoms with Gasteiger partial charge in [0.25, 0.3) is 5.97 Å². The zero-order valence-corrected chi connectivity index (χ0v) is 9.12. The summed E-state index contributed by atoms with van der Waals surface area (Å²) in [5.41, 5.74) is 0.